The van der Waals surface area contributed by atoms with Crippen molar-refractivity contribution in [3.63, 3.8) is 0 Å². The maximum Gasteiger partial charge on any atom is 0.0843 e. The molecule has 1 fully saturated rings. The second-order valence-electron chi connectivity index (χ2n) is 5.62. The number of nitrogens with one attached hydrogen (secondary N) is 1. The minimum absolute atomic E-state index is 0.0178. The molecule has 3 N–H and O–H groups in total. The summed E-state index contributed by atoms with van der Waals surface area (Å²) in [4.78, 5) is 2.47. The van der Waals surface area contributed by atoms with Crippen molar-refractivity contribution >= 4 is 0 Å². The lowest BCUT2D eigenvalue weighted by atomic mass is 9.84. The van der Waals surface area contributed by atoms with E-state index >= 15 is 0 Å². The van der Waals surface area contributed by atoms with Gasteiger partial charge in [0.2, 0.25) is 0 Å². The van der Waals surface area contributed by atoms with Gasteiger partial charge in [0.15, 0.2) is 0 Å². The van der Waals surface area contributed by atoms with Crippen LogP contribution in [0.5, 0.6) is 0 Å². The number of nitrogens with zero attached hydrogens (tertiary/aromatic N) is 4. The number of rotatable bonds is 6. The van der Waals surface area contributed by atoms with Crippen molar-refractivity contribution in [1.82, 2.24) is 25.3 Å². The highest BCUT2D eigenvalue weighted by molar-refractivity contribution is 5.04. The summed E-state index contributed by atoms with van der Waals surface area (Å²) >= 11 is 0. The molecule has 0 aliphatic carbocycles. The zero-order chi connectivity index (χ0) is 14.6. The molecule has 0 radical (unpaired) electrons. The van der Waals surface area contributed by atoms with Gasteiger partial charge in [-0.05, 0) is 13.3 Å². The van der Waals surface area contributed by atoms with E-state index < -0.39 is 0 Å². The van der Waals surface area contributed by atoms with Crippen molar-refractivity contribution in [3.05, 3.63) is 11.9 Å². The van der Waals surface area contributed by atoms with E-state index in [1.54, 1.807) is 4.68 Å². The summed E-state index contributed by atoms with van der Waals surface area (Å²) in [6.07, 6.45) is 3.73. The SMILES string of the molecule is CCC(C)(C(Cc1cn(C)nn1)NN)N1CCOCC1. The van der Waals surface area contributed by atoms with Crippen molar-refractivity contribution in [2.45, 2.75) is 38.3 Å². The molecule has 0 spiro atoms. The number of ether oxygens (including phenoxy) is 1. The fourth-order valence-electron chi connectivity index (χ4n) is 2.92. The molecule has 114 valence electrons. The summed E-state index contributed by atoms with van der Waals surface area (Å²) in [5.41, 5.74) is 3.93. The molecule has 20 heavy (non-hydrogen) atoms. The summed E-state index contributed by atoms with van der Waals surface area (Å²) in [6.45, 7) is 7.94. The van der Waals surface area contributed by atoms with Crippen molar-refractivity contribution in [1.29, 1.82) is 0 Å². The molecule has 0 amide bonds. The lowest BCUT2D eigenvalue weighted by Crippen LogP contribution is -2.63. The van der Waals surface area contributed by atoms with Gasteiger partial charge in [0, 0.05) is 44.3 Å². The van der Waals surface area contributed by atoms with Gasteiger partial charge in [-0.2, -0.15) is 0 Å². The Morgan fingerprint density at radius 3 is 2.70 bits per heavy atom. The first-order chi connectivity index (χ1) is 9.60. The minimum atomic E-state index is -0.0178. The summed E-state index contributed by atoms with van der Waals surface area (Å²) in [5, 5.41) is 8.16. The topological polar surface area (TPSA) is 81.2 Å². The van der Waals surface area contributed by atoms with E-state index in [0.29, 0.717) is 0 Å². The van der Waals surface area contributed by atoms with E-state index in [1.165, 1.54) is 0 Å². The number of hydrogen-bond acceptors (Lipinski definition) is 6. The molecule has 2 unspecified atom stereocenters. The monoisotopic (exact) mass is 282 g/mol. The molecule has 2 rings (SSSR count). The Morgan fingerprint density at radius 2 is 2.20 bits per heavy atom. The second-order valence-corrected chi connectivity index (χ2v) is 5.62. The second kappa shape index (κ2) is 6.62. The lowest BCUT2D eigenvalue weighted by molar-refractivity contribution is -0.0324. The van der Waals surface area contributed by atoms with Gasteiger partial charge in [-0.3, -0.25) is 20.9 Å². The molecule has 0 aromatic carbocycles. The van der Waals surface area contributed by atoms with Gasteiger partial charge < -0.3 is 4.74 Å². The predicted molar refractivity (Wildman–Crippen MR) is 76.9 cm³/mol. The van der Waals surface area contributed by atoms with Crippen LogP contribution in [-0.4, -0.2) is 57.8 Å². The molecule has 1 aliphatic rings. The summed E-state index contributed by atoms with van der Waals surface area (Å²) < 4.78 is 7.18. The highest BCUT2D eigenvalue weighted by Gasteiger charge is 2.38. The van der Waals surface area contributed by atoms with E-state index in [0.717, 1.165) is 44.8 Å². The summed E-state index contributed by atoms with van der Waals surface area (Å²) in [6, 6.07) is 0.127. The summed E-state index contributed by atoms with van der Waals surface area (Å²) in [7, 11) is 1.88. The van der Waals surface area contributed by atoms with E-state index in [9.17, 15) is 0 Å². The van der Waals surface area contributed by atoms with E-state index in [-0.39, 0.29) is 11.6 Å². The smallest absolute Gasteiger partial charge is 0.0843 e. The Morgan fingerprint density at radius 1 is 1.50 bits per heavy atom. The number of aryl methyl sites for hydroxylation is 1. The van der Waals surface area contributed by atoms with Crippen molar-refractivity contribution in [2.75, 3.05) is 26.3 Å². The third-order valence-electron chi connectivity index (χ3n) is 4.46. The number of aromatic nitrogens is 3. The molecule has 0 saturated carbocycles. The average Bonchev–Trinajstić information content (AvgIpc) is 2.90. The number of hydrazine groups is 1. The first kappa shape index (κ1) is 15.4. The maximum atomic E-state index is 5.83. The van der Waals surface area contributed by atoms with Crippen LogP contribution < -0.4 is 11.3 Å². The van der Waals surface area contributed by atoms with Gasteiger partial charge in [0.05, 0.1) is 18.9 Å². The van der Waals surface area contributed by atoms with Crippen LogP contribution in [0.2, 0.25) is 0 Å². The minimum Gasteiger partial charge on any atom is -0.379 e. The van der Waals surface area contributed by atoms with Crippen LogP contribution in [-0.2, 0) is 18.2 Å². The van der Waals surface area contributed by atoms with Gasteiger partial charge in [-0.1, -0.05) is 12.1 Å². The van der Waals surface area contributed by atoms with Gasteiger partial charge in [-0.15, -0.1) is 5.10 Å². The number of nitrogens with two attached hydrogens (primary N) is 1. The molecule has 2 atom stereocenters. The van der Waals surface area contributed by atoms with E-state index in [2.05, 4.69) is 34.5 Å². The van der Waals surface area contributed by atoms with Crippen molar-refractivity contribution in [3.8, 4) is 0 Å². The van der Waals surface area contributed by atoms with Crippen LogP contribution in [0.15, 0.2) is 6.20 Å². The normalized spacial score (nSPS) is 21.6. The fourth-order valence-corrected chi connectivity index (χ4v) is 2.92. The highest BCUT2D eigenvalue weighted by Crippen LogP contribution is 2.26. The van der Waals surface area contributed by atoms with Gasteiger partial charge in [-0.25, -0.2) is 0 Å². The van der Waals surface area contributed by atoms with Gasteiger partial charge in [0.25, 0.3) is 0 Å². The molecule has 1 aliphatic heterocycles. The van der Waals surface area contributed by atoms with Crippen molar-refractivity contribution < 1.29 is 4.74 Å². The van der Waals surface area contributed by atoms with Crippen LogP contribution in [0.4, 0.5) is 0 Å². The van der Waals surface area contributed by atoms with Gasteiger partial charge >= 0.3 is 0 Å². The highest BCUT2D eigenvalue weighted by atomic mass is 16.5. The number of morpholine rings is 1. The molecule has 2 heterocycles. The number of hydrogen-bond donors (Lipinski definition) is 2. The van der Waals surface area contributed by atoms with Crippen LogP contribution in [0.25, 0.3) is 0 Å². The Balaban J connectivity index is 2.12. The average molecular weight is 282 g/mol. The Labute approximate surface area is 120 Å². The predicted octanol–water partition coefficient (Wildman–Crippen LogP) is -0.310. The Kier molecular flexibility index (Phi) is 5.09. The molecule has 1 saturated heterocycles. The van der Waals surface area contributed by atoms with Crippen LogP contribution in [0.3, 0.4) is 0 Å². The fraction of sp³-hybridized carbons (Fsp3) is 0.846. The molecule has 0 bridgehead atoms. The van der Waals surface area contributed by atoms with Crippen molar-refractivity contribution in [2.24, 2.45) is 12.9 Å². The molecule has 7 nitrogen and oxygen atoms in total. The summed E-state index contributed by atoms with van der Waals surface area (Å²) in [5.74, 6) is 5.83. The van der Waals surface area contributed by atoms with E-state index in [4.69, 9.17) is 10.6 Å². The molecule has 1 aromatic rings. The Hall–Kier alpha value is -1.02. The van der Waals surface area contributed by atoms with Crippen LogP contribution in [0, 0.1) is 0 Å². The molecular weight excluding hydrogens is 256 g/mol. The standard InChI is InChI=1S/C13H26N6O/c1-4-13(2,19-5-7-20-8-6-19)12(15-14)9-11-10-18(3)17-16-11/h10,12,15H,4-9,14H2,1-3H3. The Bertz CT molecular complexity index is 417. The van der Waals surface area contributed by atoms with E-state index in [1.807, 2.05) is 13.2 Å². The molecule has 1 aromatic heterocycles. The quantitative estimate of drug-likeness (QED) is 0.550. The van der Waals surface area contributed by atoms with Crippen LogP contribution >= 0.6 is 0 Å². The zero-order valence-electron chi connectivity index (χ0n) is 12.7. The first-order valence-electron chi connectivity index (χ1n) is 7.24. The zero-order valence-corrected chi connectivity index (χ0v) is 12.7. The molecule has 7 heteroatoms. The third kappa shape index (κ3) is 3.17. The third-order valence-corrected chi connectivity index (χ3v) is 4.46. The maximum absolute atomic E-state index is 5.83. The first-order valence-corrected chi connectivity index (χ1v) is 7.24. The lowest BCUT2D eigenvalue weighted by Gasteiger charge is -2.47. The molecular formula is C13H26N6O. The largest absolute Gasteiger partial charge is 0.379 e. The van der Waals surface area contributed by atoms with Gasteiger partial charge in [0.1, 0.15) is 0 Å². The van der Waals surface area contributed by atoms with Crippen LogP contribution in [0.1, 0.15) is 26.0 Å².